The summed E-state index contributed by atoms with van der Waals surface area (Å²) in [7, 11) is 0. The third-order valence-corrected chi connectivity index (χ3v) is 5.42. The molecular weight excluding hydrogens is 258 g/mol. The Bertz CT molecular complexity index is 355. The SMILES string of the molecule is CC(C(=O)O)C1CN(C2CCOC3(CCOCC3)C2)C1. The van der Waals surface area contributed by atoms with E-state index in [1.165, 1.54) is 0 Å². The molecule has 2 unspecified atom stereocenters. The van der Waals surface area contributed by atoms with Gasteiger partial charge in [0.2, 0.25) is 0 Å². The van der Waals surface area contributed by atoms with Crippen LogP contribution in [0.1, 0.15) is 32.6 Å². The van der Waals surface area contributed by atoms with Gasteiger partial charge in [-0.1, -0.05) is 6.92 Å². The maximum atomic E-state index is 11.0. The Morgan fingerprint density at radius 2 is 2.00 bits per heavy atom. The number of nitrogens with zero attached hydrogens (tertiary/aromatic N) is 1. The van der Waals surface area contributed by atoms with E-state index in [-0.39, 0.29) is 11.5 Å². The molecule has 1 N–H and O–H groups in total. The molecule has 0 aromatic carbocycles. The molecule has 0 aromatic rings. The Morgan fingerprint density at radius 1 is 1.30 bits per heavy atom. The van der Waals surface area contributed by atoms with Crippen LogP contribution in [0.2, 0.25) is 0 Å². The van der Waals surface area contributed by atoms with Crippen molar-refractivity contribution in [3.63, 3.8) is 0 Å². The molecule has 0 amide bonds. The van der Waals surface area contributed by atoms with Gasteiger partial charge in [0.05, 0.1) is 11.5 Å². The molecule has 1 spiro atoms. The van der Waals surface area contributed by atoms with Crippen molar-refractivity contribution in [2.24, 2.45) is 11.8 Å². The Balaban J connectivity index is 1.53. The molecule has 0 aromatic heterocycles. The van der Waals surface area contributed by atoms with Gasteiger partial charge in [0.1, 0.15) is 0 Å². The van der Waals surface area contributed by atoms with Crippen molar-refractivity contribution in [1.82, 2.24) is 4.90 Å². The van der Waals surface area contributed by atoms with Gasteiger partial charge in [-0.25, -0.2) is 0 Å². The first-order chi connectivity index (χ1) is 9.60. The molecule has 3 aliphatic rings. The van der Waals surface area contributed by atoms with Crippen LogP contribution < -0.4 is 0 Å². The van der Waals surface area contributed by atoms with Crippen LogP contribution in [0.5, 0.6) is 0 Å². The largest absolute Gasteiger partial charge is 0.481 e. The van der Waals surface area contributed by atoms with Crippen LogP contribution in [-0.2, 0) is 14.3 Å². The lowest BCUT2D eigenvalue weighted by Crippen LogP contribution is -2.59. The molecule has 2 atom stereocenters. The zero-order chi connectivity index (χ0) is 14.2. The van der Waals surface area contributed by atoms with Crippen LogP contribution in [0.15, 0.2) is 0 Å². The topological polar surface area (TPSA) is 59.0 Å². The second-order valence-electron chi connectivity index (χ2n) is 6.63. The number of carbonyl (C=O) groups is 1. The third-order valence-electron chi connectivity index (χ3n) is 5.42. The number of hydrogen-bond donors (Lipinski definition) is 1. The maximum Gasteiger partial charge on any atom is 0.306 e. The number of ether oxygens (including phenoxy) is 2. The van der Waals surface area contributed by atoms with E-state index in [9.17, 15) is 4.79 Å². The zero-order valence-corrected chi connectivity index (χ0v) is 12.2. The van der Waals surface area contributed by atoms with E-state index in [4.69, 9.17) is 14.6 Å². The smallest absolute Gasteiger partial charge is 0.306 e. The highest BCUT2D eigenvalue weighted by Crippen LogP contribution is 2.38. The molecule has 0 saturated carbocycles. The summed E-state index contributed by atoms with van der Waals surface area (Å²) in [6.45, 7) is 6.15. The molecule has 3 rings (SSSR count). The van der Waals surface area contributed by atoms with Gasteiger partial charge in [0, 0.05) is 39.0 Å². The van der Waals surface area contributed by atoms with Crippen LogP contribution in [0.3, 0.4) is 0 Å². The fraction of sp³-hybridized carbons (Fsp3) is 0.933. The third kappa shape index (κ3) is 2.71. The molecule has 0 radical (unpaired) electrons. The lowest BCUT2D eigenvalue weighted by molar-refractivity contribution is -0.164. The van der Waals surface area contributed by atoms with Crippen LogP contribution in [-0.4, -0.2) is 60.5 Å². The van der Waals surface area contributed by atoms with Gasteiger partial charge in [0.25, 0.3) is 0 Å². The van der Waals surface area contributed by atoms with Crippen LogP contribution in [0, 0.1) is 11.8 Å². The monoisotopic (exact) mass is 283 g/mol. The fourth-order valence-electron chi connectivity index (χ4n) is 3.77. The molecule has 3 saturated heterocycles. The Morgan fingerprint density at radius 3 is 2.65 bits per heavy atom. The van der Waals surface area contributed by atoms with Gasteiger partial charge in [-0.3, -0.25) is 9.69 Å². The number of carboxylic acid groups (broad SMARTS) is 1. The summed E-state index contributed by atoms with van der Waals surface area (Å²) in [6, 6.07) is 0.569. The molecule has 5 nitrogen and oxygen atoms in total. The summed E-state index contributed by atoms with van der Waals surface area (Å²) in [5, 5.41) is 9.06. The molecule has 0 bridgehead atoms. The van der Waals surface area contributed by atoms with Crippen molar-refractivity contribution >= 4 is 5.97 Å². The van der Waals surface area contributed by atoms with Crippen LogP contribution in [0.25, 0.3) is 0 Å². The minimum absolute atomic E-state index is 0.0324. The average molecular weight is 283 g/mol. The first-order valence-electron chi connectivity index (χ1n) is 7.78. The summed E-state index contributed by atoms with van der Waals surface area (Å²) in [5.74, 6) is -0.563. The molecule has 0 aliphatic carbocycles. The Kier molecular flexibility index (Phi) is 4.02. The van der Waals surface area contributed by atoms with E-state index < -0.39 is 5.97 Å². The minimum atomic E-state index is -0.664. The van der Waals surface area contributed by atoms with Crippen LogP contribution >= 0.6 is 0 Å². The Hall–Kier alpha value is -0.650. The quantitative estimate of drug-likeness (QED) is 0.847. The molecule has 20 heavy (non-hydrogen) atoms. The Labute approximate surface area is 120 Å². The molecular formula is C15H25NO4. The van der Waals surface area contributed by atoms with Gasteiger partial charge in [-0.2, -0.15) is 0 Å². The van der Waals surface area contributed by atoms with Gasteiger partial charge >= 0.3 is 5.97 Å². The van der Waals surface area contributed by atoms with Crippen LogP contribution in [0.4, 0.5) is 0 Å². The number of carboxylic acids is 1. The summed E-state index contributed by atoms with van der Waals surface area (Å²) >= 11 is 0. The first kappa shape index (κ1) is 14.3. The highest BCUT2D eigenvalue weighted by Gasteiger charge is 2.44. The lowest BCUT2D eigenvalue weighted by atomic mass is 9.80. The first-order valence-corrected chi connectivity index (χ1v) is 7.78. The van der Waals surface area contributed by atoms with Crippen molar-refractivity contribution in [2.45, 2.75) is 44.2 Å². The van der Waals surface area contributed by atoms with E-state index in [1.807, 2.05) is 6.92 Å². The van der Waals surface area contributed by atoms with E-state index in [2.05, 4.69) is 4.90 Å². The van der Waals surface area contributed by atoms with Crippen molar-refractivity contribution in [3.05, 3.63) is 0 Å². The molecule has 3 fully saturated rings. The number of rotatable bonds is 3. The van der Waals surface area contributed by atoms with Gasteiger partial charge in [-0.15, -0.1) is 0 Å². The summed E-state index contributed by atoms with van der Waals surface area (Å²) in [6.07, 6.45) is 4.18. The van der Waals surface area contributed by atoms with E-state index in [1.54, 1.807) is 0 Å². The van der Waals surface area contributed by atoms with Gasteiger partial charge < -0.3 is 14.6 Å². The second-order valence-corrected chi connectivity index (χ2v) is 6.63. The van der Waals surface area contributed by atoms with Gasteiger partial charge in [-0.05, 0) is 31.6 Å². The molecule has 3 heterocycles. The van der Waals surface area contributed by atoms with Crippen molar-refractivity contribution < 1.29 is 19.4 Å². The molecule has 3 aliphatic heterocycles. The maximum absolute atomic E-state index is 11.0. The highest BCUT2D eigenvalue weighted by molar-refractivity contribution is 5.70. The van der Waals surface area contributed by atoms with E-state index in [0.29, 0.717) is 12.0 Å². The van der Waals surface area contributed by atoms with Crippen molar-refractivity contribution in [2.75, 3.05) is 32.9 Å². The van der Waals surface area contributed by atoms with Gasteiger partial charge in [0.15, 0.2) is 0 Å². The molecule has 5 heteroatoms. The number of likely N-dealkylation sites (tertiary alicyclic amines) is 1. The average Bonchev–Trinajstić information content (AvgIpc) is 2.38. The normalized spacial score (nSPS) is 32.8. The van der Waals surface area contributed by atoms with E-state index in [0.717, 1.165) is 58.6 Å². The minimum Gasteiger partial charge on any atom is -0.481 e. The summed E-state index contributed by atoms with van der Waals surface area (Å²) in [5.41, 5.74) is 0.0324. The summed E-state index contributed by atoms with van der Waals surface area (Å²) < 4.78 is 11.5. The fourth-order valence-corrected chi connectivity index (χ4v) is 3.77. The highest BCUT2D eigenvalue weighted by atomic mass is 16.5. The predicted molar refractivity (Wildman–Crippen MR) is 73.6 cm³/mol. The van der Waals surface area contributed by atoms with Crippen molar-refractivity contribution in [1.29, 1.82) is 0 Å². The number of aliphatic carboxylic acids is 1. The second kappa shape index (κ2) is 5.62. The standard InChI is InChI=1S/C15H25NO4/c1-11(14(17)18)12-9-16(10-12)13-2-5-20-15(8-13)3-6-19-7-4-15/h11-13H,2-10H2,1H3,(H,17,18). The molecule has 114 valence electrons. The lowest BCUT2D eigenvalue weighted by Gasteiger charge is -2.51. The van der Waals surface area contributed by atoms with Crippen molar-refractivity contribution in [3.8, 4) is 0 Å². The zero-order valence-electron chi connectivity index (χ0n) is 12.2. The summed E-state index contributed by atoms with van der Waals surface area (Å²) in [4.78, 5) is 13.5. The predicted octanol–water partition coefficient (Wildman–Crippen LogP) is 1.37. The number of hydrogen-bond acceptors (Lipinski definition) is 4. The van der Waals surface area contributed by atoms with E-state index >= 15 is 0 Å².